The Kier molecular flexibility index (Phi) is 4.21. The molecule has 0 amide bonds. The van der Waals surface area contributed by atoms with E-state index in [4.69, 9.17) is 11.6 Å². The highest BCUT2D eigenvalue weighted by Crippen LogP contribution is 2.28. The van der Waals surface area contributed by atoms with E-state index in [0.29, 0.717) is 10.6 Å². The van der Waals surface area contributed by atoms with Crippen LogP contribution in [0.4, 0.5) is 13.2 Å². The summed E-state index contributed by atoms with van der Waals surface area (Å²) < 4.78 is 35.8. The van der Waals surface area contributed by atoms with Gasteiger partial charge in [-0.1, -0.05) is 23.7 Å². The second-order valence-electron chi connectivity index (χ2n) is 3.68. The lowest BCUT2D eigenvalue weighted by Gasteiger charge is -2.13. The predicted molar refractivity (Wildman–Crippen MR) is 56.4 cm³/mol. The lowest BCUT2D eigenvalue weighted by Crippen LogP contribution is -2.10. The van der Waals surface area contributed by atoms with Gasteiger partial charge in [0, 0.05) is 11.4 Å². The van der Waals surface area contributed by atoms with Crippen LogP contribution < -0.4 is 0 Å². The Hall–Kier alpha value is -0.740. The van der Waals surface area contributed by atoms with Crippen LogP contribution in [-0.4, -0.2) is 11.3 Å². The van der Waals surface area contributed by atoms with E-state index in [-0.39, 0.29) is 6.42 Å². The first-order chi connectivity index (χ1) is 7.29. The summed E-state index contributed by atoms with van der Waals surface area (Å²) in [6.07, 6.45) is -6.65. The molecule has 0 aliphatic carbocycles. The quantitative estimate of drug-likeness (QED) is 0.861. The van der Waals surface area contributed by atoms with Crippen molar-refractivity contribution in [1.29, 1.82) is 0 Å². The smallest absolute Gasteiger partial charge is 0.388 e. The number of alkyl halides is 3. The van der Waals surface area contributed by atoms with Gasteiger partial charge in [0.1, 0.15) is 0 Å². The van der Waals surface area contributed by atoms with Crippen molar-refractivity contribution in [2.75, 3.05) is 0 Å². The topological polar surface area (TPSA) is 20.2 Å². The molecular weight excluding hydrogens is 241 g/mol. The van der Waals surface area contributed by atoms with Crippen molar-refractivity contribution < 1.29 is 18.3 Å². The van der Waals surface area contributed by atoms with Crippen LogP contribution in [0.1, 0.15) is 30.1 Å². The monoisotopic (exact) mass is 252 g/mol. The molecule has 0 radical (unpaired) electrons. The van der Waals surface area contributed by atoms with E-state index in [2.05, 4.69) is 0 Å². The van der Waals surface area contributed by atoms with Gasteiger partial charge in [-0.2, -0.15) is 13.2 Å². The summed E-state index contributed by atoms with van der Waals surface area (Å²) in [5, 5.41) is 10.1. The van der Waals surface area contributed by atoms with Crippen LogP contribution in [-0.2, 0) is 0 Å². The standard InChI is InChI=1S/C11H12ClF3O/c1-7-6-8(2-3-9(7)12)10(16)4-5-11(13,14)15/h2-3,6,10,16H,4-5H2,1H3. The van der Waals surface area contributed by atoms with Crippen molar-refractivity contribution in [3.05, 3.63) is 34.3 Å². The molecule has 16 heavy (non-hydrogen) atoms. The number of rotatable bonds is 3. The van der Waals surface area contributed by atoms with Crippen LogP contribution in [0.15, 0.2) is 18.2 Å². The molecule has 0 saturated carbocycles. The molecule has 0 aromatic heterocycles. The molecule has 0 heterocycles. The highest BCUT2D eigenvalue weighted by Gasteiger charge is 2.28. The molecule has 0 bridgehead atoms. The Labute approximate surface area is 96.9 Å². The van der Waals surface area contributed by atoms with Crippen LogP contribution in [0.5, 0.6) is 0 Å². The summed E-state index contributed by atoms with van der Waals surface area (Å²) in [6, 6.07) is 4.71. The van der Waals surface area contributed by atoms with E-state index in [9.17, 15) is 18.3 Å². The van der Waals surface area contributed by atoms with Gasteiger partial charge in [-0.3, -0.25) is 0 Å². The molecular formula is C11H12ClF3O. The summed E-state index contributed by atoms with van der Waals surface area (Å²) in [4.78, 5) is 0. The molecule has 5 heteroatoms. The van der Waals surface area contributed by atoms with E-state index in [0.717, 1.165) is 5.56 Å². The maximum Gasteiger partial charge on any atom is 0.389 e. The molecule has 1 unspecified atom stereocenters. The molecule has 90 valence electrons. The minimum Gasteiger partial charge on any atom is -0.388 e. The van der Waals surface area contributed by atoms with Gasteiger partial charge in [-0.25, -0.2) is 0 Å². The van der Waals surface area contributed by atoms with Gasteiger partial charge in [-0.05, 0) is 30.5 Å². The second-order valence-corrected chi connectivity index (χ2v) is 4.09. The van der Waals surface area contributed by atoms with Gasteiger partial charge in [0.05, 0.1) is 6.10 Å². The molecule has 0 spiro atoms. The third-order valence-corrected chi connectivity index (χ3v) is 2.69. The third kappa shape index (κ3) is 4.02. The summed E-state index contributed by atoms with van der Waals surface area (Å²) in [5.41, 5.74) is 1.20. The number of aliphatic hydroxyl groups excluding tert-OH is 1. The fourth-order valence-electron chi connectivity index (χ4n) is 1.34. The van der Waals surface area contributed by atoms with E-state index >= 15 is 0 Å². The highest BCUT2D eigenvalue weighted by molar-refractivity contribution is 6.31. The molecule has 0 saturated heterocycles. The molecule has 1 N–H and O–H groups in total. The molecule has 1 nitrogen and oxygen atoms in total. The molecule has 0 aliphatic rings. The first kappa shape index (κ1) is 13.3. The number of hydrogen-bond acceptors (Lipinski definition) is 1. The zero-order valence-corrected chi connectivity index (χ0v) is 9.44. The van der Waals surface area contributed by atoms with Crippen molar-refractivity contribution in [2.24, 2.45) is 0 Å². The average molecular weight is 253 g/mol. The largest absolute Gasteiger partial charge is 0.389 e. The Morgan fingerprint density at radius 3 is 2.50 bits per heavy atom. The van der Waals surface area contributed by atoms with Gasteiger partial charge in [0.25, 0.3) is 0 Å². The predicted octanol–water partition coefficient (Wildman–Crippen LogP) is 4.02. The van der Waals surface area contributed by atoms with Crippen molar-refractivity contribution in [3.63, 3.8) is 0 Å². The molecule has 0 aliphatic heterocycles. The molecule has 1 atom stereocenters. The fraction of sp³-hybridized carbons (Fsp3) is 0.455. The van der Waals surface area contributed by atoms with E-state index < -0.39 is 18.7 Å². The molecule has 1 aromatic rings. The Morgan fingerprint density at radius 2 is 2.00 bits per heavy atom. The lowest BCUT2D eigenvalue weighted by atomic mass is 10.0. The van der Waals surface area contributed by atoms with Gasteiger partial charge in [0.2, 0.25) is 0 Å². The maximum absolute atomic E-state index is 11.9. The van der Waals surface area contributed by atoms with Gasteiger partial charge in [0.15, 0.2) is 0 Å². The number of halogens is 4. The van der Waals surface area contributed by atoms with Gasteiger partial charge >= 0.3 is 6.18 Å². The van der Waals surface area contributed by atoms with E-state index in [1.54, 1.807) is 19.1 Å². The van der Waals surface area contributed by atoms with Crippen LogP contribution in [0.3, 0.4) is 0 Å². The summed E-state index contributed by atoms with van der Waals surface area (Å²) in [5.74, 6) is 0. The average Bonchev–Trinajstić information content (AvgIpc) is 2.17. The molecule has 0 fully saturated rings. The first-order valence-corrected chi connectivity index (χ1v) is 5.18. The lowest BCUT2D eigenvalue weighted by molar-refractivity contribution is -0.140. The third-order valence-electron chi connectivity index (χ3n) is 2.27. The normalized spacial score (nSPS) is 13.9. The zero-order valence-electron chi connectivity index (χ0n) is 8.68. The van der Waals surface area contributed by atoms with Gasteiger partial charge < -0.3 is 5.11 Å². The Bertz CT molecular complexity index is 363. The zero-order chi connectivity index (χ0) is 12.3. The number of hydrogen-bond donors (Lipinski definition) is 1. The number of benzene rings is 1. The van der Waals surface area contributed by atoms with Crippen molar-refractivity contribution in [2.45, 2.75) is 32.0 Å². The van der Waals surface area contributed by atoms with Crippen LogP contribution in [0.2, 0.25) is 5.02 Å². The van der Waals surface area contributed by atoms with E-state index in [1.165, 1.54) is 6.07 Å². The van der Waals surface area contributed by atoms with Crippen LogP contribution >= 0.6 is 11.6 Å². The Morgan fingerprint density at radius 1 is 1.38 bits per heavy atom. The highest BCUT2D eigenvalue weighted by atomic mass is 35.5. The van der Waals surface area contributed by atoms with E-state index in [1.807, 2.05) is 0 Å². The van der Waals surface area contributed by atoms with Gasteiger partial charge in [-0.15, -0.1) is 0 Å². The van der Waals surface area contributed by atoms with Crippen molar-refractivity contribution in [3.8, 4) is 0 Å². The minimum absolute atomic E-state index is 0.329. The molecule has 1 aromatic carbocycles. The fourth-order valence-corrected chi connectivity index (χ4v) is 1.46. The summed E-state index contributed by atoms with van der Waals surface area (Å²) in [7, 11) is 0. The first-order valence-electron chi connectivity index (χ1n) is 4.80. The number of aryl methyl sites for hydroxylation is 1. The van der Waals surface area contributed by atoms with Crippen molar-refractivity contribution in [1.82, 2.24) is 0 Å². The van der Waals surface area contributed by atoms with Crippen molar-refractivity contribution >= 4 is 11.6 Å². The van der Waals surface area contributed by atoms with Crippen LogP contribution in [0, 0.1) is 6.92 Å². The molecule has 1 rings (SSSR count). The maximum atomic E-state index is 11.9. The Balaban J connectivity index is 2.66. The second kappa shape index (κ2) is 5.06. The minimum atomic E-state index is -4.23. The number of aliphatic hydroxyl groups is 1. The SMILES string of the molecule is Cc1cc(C(O)CCC(F)(F)F)ccc1Cl. The summed E-state index contributed by atoms with van der Waals surface area (Å²) >= 11 is 5.77. The van der Waals surface area contributed by atoms with Crippen LogP contribution in [0.25, 0.3) is 0 Å². The summed E-state index contributed by atoms with van der Waals surface area (Å²) in [6.45, 7) is 1.74.